The molecule has 1 heterocycles. The number of aromatic nitrogens is 1. The van der Waals surface area contributed by atoms with E-state index in [1.54, 1.807) is 12.1 Å². The number of halogens is 3. The zero-order chi connectivity index (χ0) is 15.9. The third-order valence-electron chi connectivity index (χ3n) is 3.21. The summed E-state index contributed by atoms with van der Waals surface area (Å²) < 4.78 is 26.9. The topological polar surface area (TPSA) is 50.2 Å². The first-order valence-corrected chi connectivity index (χ1v) is 6.62. The van der Waals surface area contributed by atoms with Gasteiger partial charge in [0.05, 0.1) is 16.8 Å². The maximum atomic E-state index is 13.9. The van der Waals surface area contributed by atoms with Gasteiger partial charge in [0.1, 0.15) is 11.6 Å². The Labute approximate surface area is 128 Å². The van der Waals surface area contributed by atoms with Crippen LogP contribution in [0.15, 0.2) is 42.5 Å². The van der Waals surface area contributed by atoms with Gasteiger partial charge in [0.15, 0.2) is 0 Å². The van der Waals surface area contributed by atoms with Crippen LogP contribution in [0.4, 0.5) is 8.78 Å². The predicted molar refractivity (Wildman–Crippen MR) is 79.1 cm³/mol. The first kappa shape index (κ1) is 14.4. The number of rotatable bonds is 2. The minimum atomic E-state index is -1.18. The van der Waals surface area contributed by atoms with E-state index in [9.17, 15) is 18.7 Å². The fourth-order valence-electron chi connectivity index (χ4n) is 2.21. The fourth-order valence-corrected chi connectivity index (χ4v) is 2.38. The largest absolute Gasteiger partial charge is 0.478 e. The number of nitrogens with zero attached hydrogens (tertiary/aromatic N) is 1. The van der Waals surface area contributed by atoms with E-state index in [-0.39, 0.29) is 16.8 Å². The number of fused-ring (bicyclic) bond motifs is 1. The molecule has 1 N–H and O–H groups in total. The monoisotopic (exact) mass is 319 g/mol. The van der Waals surface area contributed by atoms with E-state index in [1.807, 2.05) is 0 Å². The number of aromatic carboxylic acids is 1. The average Bonchev–Trinajstić information content (AvgIpc) is 2.46. The van der Waals surface area contributed by atoms with Gasteiger partial charge in [-0.2, -0.15) is 0 Å². The number of hydrogen-bond acceptors (Lipinski definition) is 2. The van der Waals surface area contributed by atoms with Crippen molar-refractivity contribution in [1.29, 1.82) is 0 Å². The van der Waals surface area contributed by atoms with Gasteiger partial charge in [-0.25, -0.2) is 18.6 Å². The maximum absolute atomic E-state index is 13.9. The standard InChI is InChI=1S/C16H8ClF2NO2/c17-8-1-4-14-11(5-8)12(16(21)22)7-15(20-14)10-3-2-9(18)6-13(10)19/h1-7H,(H,21,22). The van der Waals surface area contributed by atoms with Gasteiger partial charge in [-0.15, -0.1) is 0 Å². The van der Waals surface area contributed by atoms with Crippen molar-refractivity contribution < 1.29 is 18.7 Å². The van der Waals surface area contributed by atoms with Crippen LogP contribution in [0.25, 0.3) is 22.2 Å². The van der Waals surface area contributed by atoms with Gasteiger partial charge in [-0.05, 0) is 36.4 Å². The van der Waals surface area contributed by atoms with Crippen molar-refractivity contribution in [2.24, 2.45) is 0 Å². The van der Waals surface area contributed by atoms with E-state index in [0.29, 0.717) is 15.9 Å². The van der Waals surface area contributed by atoms with Crippen LogP contribution in [-0.4, -0.2) is 16.1 Å². The minimum Gasteiger partial charge on any atom is -0.478 e. The van der Waals surface area contributed by atoms with E-state index in [1.165, 1.54) is 18.2 Å². The summed E-state index contributed by atoms with van der Waals surface area (Å²) in [4.78, 5) is 15.7. The molecule has 22 heavy (non-hydrogen) atoms. The van der Waals surface area contributed by atoms with Gasteiger partial charge < -0.3 is 5.11 Å². The van der Waals surface area contributed by atoms with Crippen LogP contribution in [0, 0.1) is 11.6 Å². The van der Waals surface area contributed by atoms with E-state index in [2.05, 4.69) is 4.98 Å². The highest BCUT2D eigenvalue weighted by Crippen LogP contribution is 2.28. The zero-order valence-corrected chi connectivity index (χ0v) is 11.7. The second-order valence-electron chi connectivity index (χ2n) is 4.65. The Hall–Kier alpha value is -2.53. The summed E-state index contributed by atoms with van der Waals surface area (Å²) in [5.41, 5.74) is 0.458. The number of hydrogen-bond donors (Lipinski definition) is 1. The lowest BCUT2D eigenvalue weighted by molar-refractivity contribution is 0.0699. The van der Waals surface area contributed by atoms with Gasteiger partial charge in [0.2, 0.25) is 0 Å². The van der Waals surface area contributed by atoms with E-state index in [0.717, 1.165) is 12.1 Å². The summed E-state index contributed by atoms with van der Waals surface area (Å²) in [6.07, 6.45) is 0. The minimum absolute atomic E-state index is 0.0285. The van der Waals surface area contributed by atoms with Crippen LogP contribution < -0.4 is 0 Å². The quantitative estimate of drug-likeness (QED) is 0.755. The van der Waals surface area contributed by atoms with Crippen molar-refractivity contribution in [2.45, 2.75) is 0 Å². The van der Waals surface area contributed by atoms with Gasteiger partial charge in [-0.1, -0.05) is 11.6 Å². The molecule has 0 atom stereocenters. The first-order valence-electron chi connectivity index (χ1n) is 6.25. The van der Waals surface area contributed by atoms with Crippen molar-refractivity contribution in [3.8, 4) is 11.3 Å². The molecular formula is C16H8ClF2NO2. The van der Waals surface area contributed by atoms with Crippen LogP contribution in [-0.2, 0) is 0 Å². The molecule has 0 aliphatic rings. The summed E-state index contributed by atoms with van der Waals surface area (Å²) in [5.74, 6) is -2.71. The van der Waals surface area contributed by atoms with Crippen LogP contribution in [0.2, 0.25) is 5.02 Å². The molecule has 0 saturated carbocycles. The van der Waals surface area contributed by atoms with Gasteiger partial charge in [-0.3, -0.25) is 0 Å². The lowest BCUT2D eigenvalue weighted by Crippen LogP contribution is -2.01. The Kier molecular flexibility index (Phi) is 3.50. The highest BCUT2D eigenvalue weighted by molar-refractivity contribution is 6.31. The molecule has 1 aromatic heterocycles. The molecule has 6 heteroatoms. The molecule has 0 aliphatic carbocycles. The molecule has 0 unspecified atom stereocenters. The van der Waals surface area contributed by atoms with Crippen LogP contribution in [0.5, 0.6) is 0 Å². The zero-order valence-electron chi connectivity index (χ0n) is 11.0. The van der Waals surface area contributed by atoms with Crippen molar-refractivity contribution in [1.82, 2.24) is 4.98 Å². The number of pyridine rings is 1. The van der Waals surface area contributed by atoms with Crippen LogP contribution >= 0.6 is 11.6 Å². The third-order valence-corrected chi connectivity index (χ3v) is 3.44. The summed E-state index contributed by atoms with van der Waals surface area (Å²) >= 11 is 5.87. The molecule has 0 amide bonds. The SMILES string of the molecule is O=C(O)c1cc(-c2ccc(F)cc2F)nc2ccc(Cl)cc12. The van der Waals surface area contributed by atoms with Crippen molar-refractivity contribution in [3.63, 3.8) is 0 Å². The molecular weight excluding hydrogens is 312 g/mol. The maximum Gasteiger partial charge on any atom is 0.336 e. The Balaban J connectivity index is 2.32. The van der Waals surface area contributed by atoms with Gasteiger partial charge in [0, 0.05) is 22.0 Å². The van der Waals surface area contributed by atoms with E-state index in [4.69, 9.17) is 11.6 Å². The second-order valence-corrected chi connectivity index (χ2v) is 5.08. The summed E-state index contributed by atoms with van der Waals surface area (Å²) in [5, 5.41) is 10.1. The fraction of sp³-hybridized carbons (Fsp3) is 0. The number of benzene rings is 2. The van der Waals surface area contributed by atoms with Gasteiger partial charge in [0.25, 0.3) is 0 Å². The van der Waals surface area contributed by atoms with Gasteiger partial charge >= 0.3 is 5.97 Å². The van der Waals surface area contributed by atoms with Crippen LogP contribution in [0.3, 0.4) is 0 Å². The summed E-state index contributed by atoms with van der Waals surface area (Å²) in [6.45, 7) is 0. The molecule has 3 aromatic rings. The Morgan fingerprint density at radius 3 is 2.55 bits per heavy atom. The molecule has 0 fully saturated rings. The summed E-state index contributed by atoms with van der Waals surface area (Å²) in [6, 6.07) is 8.88. The van der Waals surface area contributed by atoms with E-state index >= 15 is 0 Å². The predicted octanol–water partition coefficient (Wildman–Crippen LogP) is 4.53. The Morgan fingerprint density at radius 2 is 1.86 bits per heavy atom. The molecule has 0 spiro atoms. The van der Waals surface area contributed by atoms with Crippen molar-refractivity contribution in [3.05, 3.63) is 64.7 Å². The Bertz CT molecular complexity index is 912. The van der Waals surface area contributed by atoms with E-state index < -0.39 is 17.6 Å². The molecule has 3 rings (SSSR count). The van der Waals surface area contributed by atoms with Crippen LogP contribution in [0.1, 0.15) is 10.4 Å². The molecule has 0 saturated heterocycles. The third kappa shape index (κ3) is 2.51. The smallest absolute Gasteiger partial charge is 0.336 e. The molecule has 0 aliphatic heterocycles. The highest BCUT2D eigenvalue weighted by Gasteiger charge is 2.15. The molecule has 0 radical (unpaired) electrons. The molecule has 110 valence electrons. The number of carbonyl (C=O) groups is 1. The molecule has 0 bridgehead atoms. The van der Waals surface area contributed by atoms with Crippen molar-refractivity contribution in [2.75, 3.05) is 0 Å². The number of carboxylic acids is 1. The average molecular weight is 320 g/mol. The normalized spacial score (nSPS) is 10.9. The Morgan fingerprint density at radius 1 is 1.09 bits per heavy atom. The lowest BCUT2D eigenvalue weighted by Gasteiger charge is -2.08. The lowest BCUT2D eigenvalue weighted by atomic mass is 10.0. The molecule has 3 nitrogen and oxygen atoms in total. The highest BCUT2D eigenvalue weighted by atomic mass is 35.5. The summed E-state index contributed by atoms with van der Waals surface area (Å²) in [7, 11) is 0. The first-order chi connectivity index (χ1) is 10.5. The molecule has 2 aromatic carbocycles. The number of carboxylic acid groups (broad SMARTS) is 1. The second kappa shape index (κ2) is 5.35. The van der Waals surface area contributed by atoms with Crippen molar-refractivity contribution >= 4 is 28.5 Å².